The van der Waals surface area contributed by atoms with Gasteiger partial charge in [-0.05, 0) is 23.8 Å². The van der Waals surface area contributed by atoms with Crippen molar-refractivity contribution < 1.29 is 9.90 Å². The zero-order valence-electron chi connectivity index (χ0n) is 10.6. The fourth-order valence-electron chi connectivity index (χ4n) is 1.62. The SMILES string of the molecule is O=C(NCc1ccc(C#CCO)cc1)c1cc(Cl)c[nH]1. The molecule has 0 bridgehead atoms. The summed E-state index contributed by atoms with van der Waals surface area (Å²) >= 11 is 5.74. The van der Waals surface area contributed by atoms with E-state index in [-0.39, 0.29) is 12.5 Å². The van der Waals surface area contributed by atoms with Crippen molar-refractivity contribution in [1.82, 2.24) is 10.3 Å². The molecule has 0 aliphatic rings. The summed E-state index contributed by atoms with van der Waals surface area (Å²) in [5.41, 5.74) is 2.22. The van der Waals surface area contributed by atoms with Gasteiger partial charge in [-0.15, -0.1) is 0 Å². The van der Waals surface area contributed by atoms with E-state index in [1.54, 1.807) is 12.3 Å². The Hall–Kier alpha value is -2.22. The lowest BCUT2D eigenvalue weighted by Gasteiger charge is -2.04. The standard InChI is InChI=1S/C15H13ClN2O2/c16-13-8-14(17-10-13)15(20)18-9-12-5-3-11(4-6-12)2-1-7-19/h3-6,8,10,17,19H,7,9H2,(H,18,20). The molecule has 2 aromatic rings. The number of carbonyl (C=O) groups excluding carboxylic acids is 1. The first-order valence-electron chi connectivity index (χ1n) is 6.00. The van der Waals surface area contributed by atoms with Crippen LogP contribution >= 0.6 is 11.6 Å². The molecule has 0 radical (unpaired) electrons. The van der Waals surface area contributed by atoms with Crippen LogP contribution in [-0.4, -0.2) is 22.6 Å². The molecule has 0 spiro atoms. The summed E-state index contributed by atoms with van der Waals surface area (Å²) in [6.45, 7) is 0.264. The smallest absolute Gasteiger partial charge is 0.268 e. The van der Waals surface area contributed by atoms with Gasteiger partial charge in [0.1, 0.15) is 12.3 Å². The lowest BCUT2D eigenvalue weighted by atomic mass is 10.1. The third-order valence-corrected chi connectivity index (χ3v) is 2.83. The Morgan fingerprint density at radius 3 is 2.70 bits per heavy atom. The summed E-state index contributed by atoms with van der Waals surface area (Å²) in [4.78, 5) is 14.6. The van der Waals surface area contributed by atoms with Gasteiger partial charge in [0.2, 0.25) is 0 Å². The van der Waals surface area contributed by atoms with E-state index < -0.39 is 0 Å². The van der Waals surface area contributed by atoms with E-state index in [0.29, 0.717) is 17.3 Å². The van der Waals surface area contributed by atoms with E-state index in [1.165, 1.54) is 0 Å². The molecular weight excluding hydrogens is 276 g/mol. The Morgan fingerprint density at radius 2 is 2.10 bits per heavy atom. The molecule has 4 nitrogen and oxygen atoms in total. The van der Waals surface area contributed by atoms with E-state index in [9.17, 15) is 4.79 Å². The number of aliphatic hydroxyl groups is 1. The number of benzene rings is 1. The summed E-state index contributed by atoms with van der Waals surface area (Å²) in [6, 6.07) is 9.02. The molecule has 0 saturated heterocycles. The summed E-state index contributed by atoms with van der Waals surface area (Å²) in [5, 5.41) is 11.9. The van der Waals surface area contributed by atoms with Crippen LogP contribution in [0.25, 0.3) is 0 Å². The quantitative estimate of drug-likeness (QED) is 0.756. The second kappa shape index (κ2) is 6.80. The first-order chi connectivity index (χ1) is 9.69. The number of rotatable bonds is 3. The van der Waals surface area contributed by atoms with Gasteiger partial charge in [0.15, 0.2) is 0 Å². The molecule has 0 aliphatic heterocycles. The van der Waals surface area contributed by atoms with E-state index in [1.807, 2.05) is 24.3 Å². The Bertz CT molecular complexity index is 651. The van der Waals surface area contributed by atoms with Crippen LogP contribution in [0.4, 0.5) is 0 Å². The molecule has 20 heavy (non-hydrogen) atoms. The molecule has 5 heteroatoms. The lowest BCUT2D eigenvalue weighted by Crippen LogP contribution is -2.22. The van der Waals surface area contributed by atoms with Crippen molar-refractivity contribution >= 4 is 17.5 Å². The van der Waals surface area contributed by atoms with Crippen molar-refractivity contribution in [2.75, 3.05) is 6.61 Å². The van der Waals surface area contributed by atoms with Crippen LogP contribution in [0.15, 0.2) is 36.5 Å². The summed E-state index contributed by atoms with van der Waals surface area (Å²) in [7, 11) is 0. The molecule has 1 aromatic carbocycles. The van der Waals surface area contributed by atoms with Crippen molar-refractivity contribution in [1.29, 1.82) is 0 Å². The number of aliphatic hydroxyl groups excluding tert-OH is 1. The summed E-state index contributed by atoms with van der Waals surface area (Å²) < 4.78 is 0. The number of hydrogen-bond acceptors (Lipinski definition) is 2. The van der Waals surface area contributed by atoms with Crippen molar-refractivity contribution in [2.24, 2.45) is 0 Å². The Balaban J connectivity index is 1.92. The largest absolute Gasteiger partial charge is 0.384 e. The van der Waals surface area contributed by atoms with E-state index in [2.05, 4.69) is 22.1 Å². The summed E-state index contributed by atoms with van der Waals surface area (Å²) in [5.74, 6) is 5.18. The van der Waals surface area contributed by atoms with E-state index in [4.69, 9.17) is 16.7 Å². The van der Waals surface area contributed by atoms with Crippen LogP contribution in [-0.2, 0) is 6.54 Å². The number of carbonyl (C=O) groups is 1. The van der Waals surface area contributed by atoms with Crippen molar-refractivity contribution in [3.8, 4) is 11.8 Å². The predicted molar refractivity (Wildman–Crippen MR) is 77.4 cm³/mol. The van der Waals surface area contributed by atoms with E-state index in [0.717, 1.165) is 11.1 Å². The van der Waals surface area contributed by atoms with Crippen LogP contribution in [0, 0.1) is 11.8 Å². The highest BCUT2D eigenvalue weighted by Gasteiger charge is 2.07. The molecule has 0 unspecified atom stereocenters. The molecular formula is C15H13ClN2O2. The molecule has 0 saturated carbocycles. The molecule has 2 rings (SSSR count). The maximum absolute atomic E-state index is 11.8. The maximum Gasteiger partial charge on any atom is 0.268 e. The zero-order valence-corrected chi connectivity index (χ0v) is 11.4. The molecule has 1 heterocycles. The van der Waals surface area contributed by atoms with E-state index >= 15 is 0 Å². The van der Waals surface area contributed by atoms with Gasteiger partial charge in [0.05, 0.1) is 5.02 Å². The lowest BCUT2D eigenvalue weighted by molar-refractivity contribution is 0.0946. The molecule has 3 N–H and O–H groups in total. The number of halogens is 1. The molecule has 102 valence electrons. The average molecular weight is 289 g/mol. The van der Waals surface area contributed by atoms with Crippen LogP contribution in [0.3, 0.4) is 0 Å². The number of H-pyrrole nitrogens is 1. The third-order valence-electron chi connectivity index (χ3n) is 2.61. The molecule has 0 atom stereocenters. The van der Waals surface area contributed by atoms with Gasteiger partial charge in [-0.25, -0.2) is 0 Å². The van der Waals surface area contributed by atoms with Crippen LogP contribution < -0.4 is 5.32 Å². The van der Waals surface area contributed by atoms with Gasteiger partial charge in [-0.2, -0.15) is 0 Å². The van der Waals surface area contributed by atoms with Gasteiger partial charge in [0.25, 0.3) is 5.91 Å². The second-order valence-corrected chi connectivity index (χ2v) is 4.51. The second-order valence-electron chi connectivity index (χ2n) is 4.07. The minimum atomic E-state index is -0.207. The first kappa shape index (κ1) is 14.2. The fourth-order valence-corrected chi connectivity index (χ4v) is 1.79. The number of amides is 1. The molecule has 1 amide bonds. The van der Waals surface area contributed by atoms with Crippen LogP contribution in [0.1, 0.15) is 21.6 Å². The Morgan fingerprint density at radius 1 is 1.35 bits per heavy atom. The van der Waals surface area contributed by atoms with Gasteiger partial charge in [-0.1, -0.05) is 35.6 Å². The highest BCUT2D eigenvalue weighted by atomic mass is 35.5. The maximum atomic E-state index is 11.8. The van der Waals surface area contributed by atoms with Gasteiger partial charge in [0, 0.05) is 18.3 Å². The predicted octanol–water partition coefficient (Wildman–Crippen LogP) is 1.94. The highest BCUT2D eigenvalue weighted by molar-refractivity contribution is 6.30. The van der Waals surface area contributed by atoms with Gasteiger partial charge in [-0.3, -0.25) is 4.79 Å². The molecule has 0 fully saturated rings. The Kier molecular flexibility index (Phi) is 4.83. The zero-order chi connectivity index (χ0) is 14.4. The highest BCUT2D eigenvalue weighted by Crippen LogP contribution is 2.09. The fraction of sp³-hybridized carbons (Fsp3) is 0.133. The van der Waals surface area contributed by atoms with Crippen molar-refractivity contribution in [3.05, 3.63) is 58.4 Å². The first-order valence-corrected chi connectivity index (χ1v) is 6.37. The van der Waals surface area contributed by atoms with Crippen LogP contribution in [0.5, 0.6) is 0 Å². The topological polar surface area (TPSA) is 65.1 Å². The minimum Gasteiger partial charge on any atom is -0.384 e. The number of aromatic amines is 1. The average Bonchev–Trinajstić information content (AvgIpc) is 2.90. The monoisotopic (exact) mass is 288 g/mol. The van der Waals surface area contributed by atoms with Gasteiger partial charge < -0.3 is 15.4 Å². The molecule has 0 aliphatic carbocycles. The normalized spacial score (nSPS) is 9.70. The number of aromatic nitrogens is 1. The third kappa shape index (κ3) is 3.89. The van der Waals surface area contributed by atoms with Crippen molar-refractivity contribution in [3.63, 3.8) is 0 Å². The minimum absolute atomic E-state index is 0.156. The summed E-state index contributed by atoms with van der Waals surface area (Å²) in [6.07, 6.45) is 1.56. The van der Waals surface area contributed by atoms with Crippen LogP contribution in [0.2, 0.25) is 5.02 Å². The van der Waals surface area contributed by atoms with Crippen molar-refractivity contribution in [2.45, 2.75) is 6.54 Å². The number of hydrogen-bond donors (Lipinski definition) is 3. The number of nitrogens with one attached hydrogen (secondary N) is 2. The Labute approximate surface area is 121 Å². The van der Waals surface area contributed by atoms with Gasteiger partial charge >= 0.3 is 0 Å². The molecule has 1 aromatic heterocycles.